The number of aromatic nitrogens is 1. The van der Waals surface area contributed by atoms with Crippen molar-refractivity contribution in [2.24, 2.45) is 7.05 Å². The number of hydrogen-bond acceptors (Lipinski definition) is 3. The van der Waals surface area contributed by atoms with Gasteiger partial charge in [-0.05, 0) is 37.2 Å². The summed E-state index contributed by atoms with van der Waals surface area (Å²) in [6.45, 7) is 0.365. The monoisotopic (exact) mass is 339 g/mol. The molecule has 1 heterocycles. The fourth-order valence-corrected chi connectivity index (χ4v) is 2.89. The first-order valence-electron chi connectivity index (χ1n) is 6.96. The zero-order valence-corrected chi connectivity index (χ0v) is 13.7. The van der Waals surface area contributed by atoms with Crippen LogP contribution < -0.4 is 10.0 Å². The van der Waals surface area contributed by atoms with Crippen molar-refractivity contribution in [2.45, 2.75) is 11.3 Å². The molecular weight excluding hydrogens is 321 g/mol. The van der Waals surface area contributed by atoms with Crippen LogP contribution in [0.4, 0.5) is 4.39 Å². The third-order valence-corrected chi connectivity index (χ3v) is 4.79. The van der Waals surface area contributed by atoms with Gasteiger partial charge in [-0.15, -0.1) is 0 Å². The SMILES string of the molecule is CNS(=O)(=O)c1cc(C(=O)NCCc2ccc(F)cc2)n(C)c1. The van der Waals surface area contributed by atoms with Crippen LogP contribution in [0.3, 0.4) is 0 Å². The second-order valence-corrected chi connectivity index (χ2v) is 6.90. The van der Waals surface area contributed by atoms with Crippen LogP contribution in [0.5, 0.6) is 0 Å². The number of sulfonamides is 1. The lowest BCUT2D eigenvalue weighted by Crippen LogP contribution is -2.27. The molecule has 0 saturated heterocycles. The summed E-state index contributed by atoms with van der Waals surface area (Å²) in [5, 5.41) is 2.72. The molecule has 0 atom stereocenters. The number of halogens is 1. The van der Waals surface area contributed by atoms with Crippen molar-refractivity contribution < 1.29 is 17.6 Å². The summed E-state index contributed by atoms with van der Waals surface area (Å²) in [6.07, 6.45) is 1.93. The molecule has 0 fully saturated rings. The van der Waals surface area contributed by atoms with Crippen LogP contribution in [0, 0.1) is 5.82 Å². The molecule has 0 spiro atoms. The van der Waals surface area contributed by atoms with E-state index in [-0.39, 0.29) is 22.3 Å². The summed E-state index contributed by atoms with van der Waals surface area (Å²) in [5.74, 6) is -0.674. The summed E-state index contributed by atoms with van der Waals surface area (Å²) in [4.78, 5) is 12.2. The molecule has 1 aromatic carbocycles. The molecule has 124 valence electrons. The van der Waals surface area contributed by atoms with Gasteiger partial charge in [-0.25, -0.2) is 17.5 Å². The molecule has 0 aliphatic rings. The lowest BCUT2D eigenvalue weighted by molar-refractivity contribution is 0.0946. The van der Waals surface area contributed by atoms with Crippen LogP contribution in [-0.2, 0) is 23.5 Å². The van der Waals surface area contributed by atoms with E-state index in [2.05, 4.69) is 10.0 Å². The van der Waals surface area contributed by atoms with Crippen molar-refractivity contribution in [1.29, 1.82) is 0 Å². The van der Waals surface area contributed by atoms with E-state index < -0.39 is 10.0 Å². The highest BCUT2D eigenvalue weighted by molar-refractivity contribution is 7.89. The van der Waals surface area contributed by atoms with E-state index in [1.54, 1.807) is 19.2 Å². The Kier molecular flexibility index (Phi) is 5.17. The number of benzene rings is 1. The minimum Gasteiger partial charge on any atom is -0.350 e. The zero-order chi connectivity index (χ0) is 17.0. The van der Waals surface area contributed by atoms with Crippen molar-refractivity contribution >= 4 is 15.9 Å². The number of rotatable bonds is 6. The number of amides is 1. The molecule has 1 amide bonds. The molecule has 0 unspecified atom stereocenters. The number of nitrogens with zero attached hydrogens (tertiary/aromatic N) is 1. The Bertz CT molecular complexity index is 798. The van der Waals surface area contributed by atoms with E-state index >= 15 is 0 Å². The van der Waals surface area contributed by atoms with Gasteiger partial charge in [0.2, 0.25) is 10.0 Å². The lowest BCUT2D eigenvalue weighted by Gasteiger charge is -2.06. The van der Waals surface area contributed by atoms with Crippen molar-refractivity contribution in [2.75, 3.05) is 13.6 Å². The average Bonchev–Trinajstić information content (AvgIpc) is 2.92. The third-order valence-electron chi connectivity index (χ3n) is 3.40. The summed E-state index contributed by atoms with van der Waals surface area (Å²) < 4.78 is 39.9. The topological polar surface area (TPSA) is 80.2 Å². The van der Waals surface area contributed by atoms with Gasteiger partial charge in [0, 0.05) is 19.8 Å². The van der Waals surface area contributed by atoms with Crippen LogP contribution in [-0.4, -0.2) is 32.5 Å². The highest BCUT2D eigenvalue weighted by Gasteiger charge is 2.18. The molecule has 6 nitrogen and oxygen atoms in total. The Hall–Kier alpha value is -2.19. The van der Waals surface area contributed by atoms with Gasteiger partial charge in [-0.3, -0.25) is 4.79 Å². The van der Waals surface area contributed by atoms with Crippen molar-refractivity contribution in [3.63, 3.8) is 0 Å². The van der Waals surface area contributed by atoms with Gasteiger partial charge in [0.1, 0.15) is 16.4 Å². The first-order valence-corrected chi connectivity index (χ1v) is 8.44. The quantitative estimate of drug-likeness (QED) is 0.825. The van der Waals surface area contributed by atoms with Crippen LogP contribution in [0.2, 0.25) is 0 Å². The Morgan fingerprint density at radius 2 is 1.91 bits per heavy atom. The smallest absolute Gasteiger partial charge is 0.267 e. The lowest BCUT2D eigenvalue weighted by atomic mass is 10.1. The van der Waals surface area contributed by atoms with E-state index in [9.17, 15) is 17.6 Å². The summed E-state index contributed by atoms with van der Waals surface area (Å²) in [5.41, 5.74) is 1.15. The number of carbonyl (C=O) groups excluding carboxylic acids is 1. The Balaban J connectivity index is 2.00. The number of carbonyl (C=O) groups is 1. The molecular formula is C15H18FN3O3S. The Morgan fingerprint density at radius 3 is 2.52 bits per heavy atom. The van der Waals surface area contributed by atoms with E-state index in [0.717, 1.165) is 5.56 Å². The second-order valence-electron chi connectivity index (χ2n) is 5.01. The predicted octanol–water partition coefficient (Wildman–Crippen LogP) is 1.04. The molecule has 0 saturated carbocycles. The summed E-state index contributed by atoms with van der Waals surface area (Å²) >= 11 is 0. The molecule has 0 aliphatic heterocycles. The molecule has 8 heteroatoms. The van der Waals surface area contributed by atoms with Crippen molar-refractivity contribution in [1.82, 2.24) is 14.6 Å². The fraction of sp³-hybridized carbons (Fsp3) is 0.267. The largest absolute Gasteiger partial charge is 0.350 e. The minimum atomic E-state index is -3.59. The fourth-order valence-electron chi connectivity index (χ4n) is 2.09. The highest BCUT2D eigenvalue weighted by atomic mass is 32.2. The predicted molar refractivity (Wildman–Crippen MR) is 84.1 cm³/mol. The molecule has 1 aromatic heterocycles. The van der Waals surface area contributed by atoms with Gasteiger partial charge in [-0.1, -0.05) is 12.1 Å². The third kappa shape index (κ3) is 4.17. The van der Waals surface area contributed by atoms with E-state index in [1.807, 2.05) is 0 Å². The van der Waals surface area contributed by atoms with Gasteiger partial charge >= 0.3 is 0 Å². The minimum absolute atomic E-state index is 0.0335. The van der Waals surface area contributed by atoms with Gasteiger partial charge in [0.15, 0.2) is 0 Å². The van der Waals surface area contributed by atoms with Crippen LogP contribution >= 0.6 is 0 Å². The second kappa shape index (κ2) is 6.93. The van der Waals surface area contributed by atoms with E-state index in [1.165, 1.54) is 36.0 Å². The Morgan fingerprint density at radius 1 is 1.26 bits per heavy atom. The van der Waals surface area contributed by atoms with Crippen molar-refractivity contribution in [3.05, 3.63) is 53.6 Å². The van der Waals surface area contributed by atoms with Crippen molar-refractivity contribution in [3.8, 4) is 0 Å². The summed E-state index contributed by atoms with van der Waals surface area (Å²) in [6, 6.07) is 7.36. The number of hydrogen-bond donors (Lipinski definition) is 2. The molecule has 0 radical (unpaired) electrons. The molecule has 23 heavy (non-hydrogen) atoms. The average molecular weight is 339 g/mol. The van der Waals surface area contributed by atoms with Crippen LogP contribution in [0.25, 0.3) is 0 Å². The first-order chi connectivity index (χ1) is 10.8. The van der Waals surface area contributed by atoms with Gasteiger partial charge in [0.05, 0.1) is 0 Å². The van der Waals surface area contributed by atoms with Gasteiger partial charge in [0.25, 0.3) is 5.91 Å². The molecule has 0 aliphatic carbocycles. The Labute approximate surface area is 134 Å². The molecule has 2 rings (SSSR count). The molecule has 2 aromatic rings. The molecule has 2 N–H and O–H groups in total. The van der Waals surface area contributed by atoms with E-state index in [0.29, 0.717) is 13.0 Å². The first kappa shape index (κ1) is 17.2. The zero-order valence-electron chi connectivity index (χ0n) is 12.8. The van der Waals surface area contributed by atoms with Gasteiger partial charge in [-0.2, -0.15) is 0 Å². The normalized spacial score (nSPS) is 11.4. The van der Waals surface area contributed by atoms with Crippen LogP contribution in [0.1, 0.15) is 16.1 Å². The maximum atomic E-state index is 12.8. The van der Waals surface area contributed by atoms with Crippen LogP contribution in [0.15, 0.2) is 41.4 Å². The maximum absolute atomic E-state index is 12.8. The number of nitrogens with one attached hydrogen (secondary N) is 2. The number of aryl methyl sites for hydroxylation is 1. The maximum Gasteiger partial charge on any atom is 0.267 e. The van der Waals surface area contributed by atoms with Gasteiger partial charge < -0.3 is 9.88 Å². The summed E-state index contributed by atoms with van der Waals surface area (Å²) in [7, 11) is -0.676. The van der Waals surface area contributed by atoms with E-state index in [4.69, 9.17) is 0 Å². The molecule has 0 bridgehead atoms. The highest BCUT2D eigenvalue weighted by Crippen LogP contribution is 2.13. The standard InChI is InChI=1S/C15H18FN3O3S/c1-17-23(21,22)13-9-14(19(2)10-13)15(20)18-8-7-11-3-5-12(16)6-4-11/h3-6,9-10,17H,7-8H2,1-2H3,(H,18,20).